The molecule has 0 heterocycles. The summed E-state index contributed by atoms with van der Waals surface area (Å²) in [5.41, 5.74) is 0.615. The Kier molecular flexibility index (Phi) is 6.42. The number of carbonyl (C=O) groups excluding carboxylic acids is 1. The highest BCUT2D eigenvalue weighted by Gasteiger charge is 2.29. The Morgan fingerprint density at radius 1 is 1.17 bits per heavy atom. The molecule has 0 saturated heterocycles. The van der Waals surface area contributed by atoms with Crippen LogP contribution in [0.4, 0.5) is 15.8 Å². The molecule has 0 aromatic heterocycles. The normalized spacial score (nSPS) is 15.7. The second-order valence-electron chi connectivity index (χ2n) is 7.25. The minimum absolute atomic E-state index is 0.0930. The molecule has 1 atom stereocenters. The van der Waals surface area contributed by atoms with Crippen molar-refractivity contribution in [3.05, 3.63) is 54.3 Å². The number of amides is 1. The van der Waals surface area contributed by atoms with Crippen LogP contribution in [0.15, 0.2) is 48.5 Å². The van der Waals surface area contributed by atoms with Gasteiger partial charge < -0.3 is 10.1 Å². The van der Waals surface area contributed by atoms with Gasteiger partial charge in [0.2, 0.25) is 15.9 Å². The maximum absolute atomic E-state index is 13.6. The number of benzene rings is 2. The summed E-state index contributed by atoms with van der Waals surface area (Å²) in [6, 6.07) is 11.0. The highest BCUT2D eigenvalue weighted by atomic mass is 32.2. The number of carbonyl (C=O) groups is 1. The first kappa shape index (κ1) is 21.1. The lowest BCUT2D eigenvalue weighted by molar-refractivity contribution is -0.116. The fraction of sp³-hybridized carbons (Fsp3) is 0.381. The zero-order chi connectivity index (χ0) is 21.0. The molecule has 1 amide bonds. The molecular weight excluding hydrogens is 395 g/mol. The fourth-order valence-corrected chi connectivity index (χ4v) is 4.65. The van der Waals surface area contributed by atoms with E-state index in [4.69, 9.17) is 4.74 Å². The maximum Gasteiger partial charge on any atom is 0.247 e. The quantitative estimate of drug-likeness (QED) is 0.736. The monoisotopic (exact) mass is 420 g/mol. The van der Waals surface area contributed by atoms with E-state index in [2.05, 4.69) is 5.32 Å². The van der Waals surface area contributed by atoms with Crippen molar-refractivity contribution in [1.29, 1.82) is 0 Å². The van der Waals surface area contributed by atoms with Crippen LogP contribution in [0.3, 0.4) is 0 Å². The van der Waals surface area contributed by atoms with Crippen LogP contribution in [0.25, 0.3) is 0 Å². The smallest absolute Gasteiger partial charge is 0.247 e. The summed E-state index contributed by atoms with van der Waals surface area (Å²) in [6.45, 7) is 1.46. The molecule has 29 heavy (non-hydrogen) atoms. The van der Waals surface area contributed by atoms with E-state index >= 15 is 0 Å². The predicted molar refractivity (Wildman–Crippen MR) is 111 cm³/mol. The molecule has 8 heteroatoms. The van der Waals surface area contributed by atoms with Gasteiger partial charge in [-0.3, -0.25) is 9.10 Å². The van der Waals surface area contributed by atoms with Crippen LogP contribution in [0.2, 0.25) is 0 Å². The zero-order valence-electron chi connectivity index (χ0n) is 16.5. The molecule has 1 N–H and O–H groups in total. The van der Waals surface area contributed by atoms with Gasteiger partial charge in [-0.05, 0) is 75.1 Å². The Hall–Kier alpha value is -2.61. The molecule has 1 saturated carbocycles. The third-order valence-electron chi connectivity index (χ3n) is 4.88. The van der Waals surface area contributed by atoms with Crippen LogP contribution >= 0.6 is 0 Å². The Balaban J connectivity index is 1.71. The lowest BCUT2D eigenvalue weighted by Gasteiger charge is -2.28. The van der Waals surface area contributed by atoms with Crippen LogP contribution < -0.4 is 14.4 Å². The Morgan fingerprint density at radius 2 is 1.83 bits per heavy atom. The van der Waals surface area contributed by atoms with Gasteiger partial charge in [0.1, 0.15) is 17.6 Å². The molecule has 0 aliphatic heterocycles. The van der Waals surface area contributed by atoms with Gasteiger partial charge in [0.25, 0.3) is 0 Å². The van der Waals surface area contributed by atoms with Crippen molar-refractivity contribution in [3.8, 4) is 5.75 Å². The molecule has 2 aromatic carbocycles. The number of sulfonamides is 1. The largest absolute Gasteiger partial charge is 0.490 e. The van der Waals surface area contributed by atoms with Gasteiger partial charge in [0.05, 0.1) is 18.0 Å². The van der Waals surface area contributed by atoms with E-state index < -0.39 is 27.8 Å². The molecule has 0 bridgehead atoms. The zero-order valence-corrected chi connectivity index (χ0v) is 17.3. The van der Waals surface area contributed by atoms with Crippen molar-refractivity contribution in [3.63, 3.8) is 0 Å². The van der Waals surface area contributed by atoms with Gasteiger partial charge in [-0.15, -0.1) is 0 Å². The standard InChI is InChI=1S/C21H25FN2O4S/c1-15(24(29(2,26)27)18-7-5-6-16(22)14-18)21(25)23-17-10-12-20(13-11-17)28-19-8-3-4-9-19/h5-7,10-15,19H,3-4,8-9H2,1-2H3,(H,23,25)/t15-/m1/s1. The van der Waals surface area contributed by atoms with Crippen LogP contribution in [0.1, 0.15) is 32.6 Å². The third kappa shape index (κ3) is 5.47. The lowest BCUT2D eigenvalue weighted by Crippen LogP contribution is -2.45. The predicted octanol–water partition coefficient (Wildman–Crippen LogP) is 3.94. The second kappa shape index (κ2) is 8.82. The molecule has 0 unspecified atom stereocenters. The number of anilines is 2. The topological polar surface area (TPSA) is 75.7 Å². The molecule has 2 aromatic rings. The molecule has 3 rings (SSSR count). The van der Waals surface area contributed by atoms with Crippen molar-refractivity contribution in [2.45, 2.75) is 44.8 Å². The summed E-state index contributed by atoms with van der Waals surface area (Å²) in [5.74, 6) is -0.369. The first-order chi connectivity index (χ1) is 13.7. The van der Waals surface area contributed by atoms with E-state index in [-0.39, 0.29) is 11.8 Å². The summed E-state index contributed by atoms with van der Waals surface area (Å²) in [5, 5.41) is 2.71. The van der Waals surface area contributed by atoms with Crippen LogP contribution in [0.5, 0.6) is 5.75 Å². The first-order valence-electron chi connectivity index (χ1n) is 9.56. The molecule has 0 radical (unpaired) electrons. The molecule has 0 spiro atoms. The van der Waals surface area contributed by atoms with E-state index in [1.807, 2.05) is 0 Å². The minimum Gasteiger partial charge on any atom is -0.490 e. The summed E-state index contributed by atoms with van der Waals surface area (Å²) < 4.78 is 44.9. The van der Waals surface area contributed by atoms with Crippen molar-refractivity contribution >= 4 is 27.3 Å². The maximum atomic E-state index is 13.6. The van der Waals surface area contributed by atoms with Crippen LogP contribution in [0, 0.1) is 5.82 Å². The SMILES string of the molecule is C[C@H](C(=O)Nc1ccc(OC2CCCC2)cc1)N(c1cccc(F)c1)S(C)(=O)=O. The Morgan fingerprint density at radius 3 is 2.41 bits per heavy atom. The number of halogens is 1. The van der Waals surface area contributed by atoms with Crippen LogP contribution in [-0.2, 0) is 14.8 Å². The summed E-state index contributed by atoms with van der Waals surface area (Å²) in [4.78, 5) is 12.7. The van der Waals surface area contributed by atoms with E-state index in [1.54, 1.807) is 24.3 Å². The molecule has 156 valence electrons. The average molecular weight is 421 g/mol. The van der Waals surface area contributed by atoms with Crippen molar-refractivity contribution < 1.29 is 22.3 Å². The highest BCUT2D eigenvalue weighted by molar-refractivity contribution is 7.92. The number of rotatable bonds is 7. The van der Waals surface area contributed by atoms with Crippen LogP contribution in [-0.4, -0.2) is 32.7 Å². The molecule has 6 nitrogen and oxygen atoms in total. The fourth-order valence-electron chi connectivity index (χ4n) is 3.48. The van der Waals surface area contributed by atoms with E-state index in [0.717, 1.165) is 35.2 Å². The summed E-state index contributed by atoms with van der Waals surface area (Å²) >= 11 is 0. The number of ether oxygens (including phenoxy) is 1. The number of hydrogen-bond acceptors (Lipinski definition) is 4. The number of hydrogen-bond donors (Lipinski definition) is 1. The van der Waals surface area contributed by atoms with Gasteiger partial charge in [0, 0.05) is 5.69 Å². The van der Waals surface area contributed by atoms with Gasteiger partial charge in [-0.1, -0.05) is 6.07 Å². The summed E-state index contributed by atoms with van der Waals surface area (Å²) in [6.07, 6.45) is 5.69. The molecule has 1 aliphatic carbocycles. The first-order valence-corrected chi connectivity index (χ1v) is 11.4. The third-order valence-corrected chi connectivity index (χ3v) is 6.12. The highest BCUT2D eigenvalue weighted by Crippen LogP contribution is 2.26. The van der Waals surface area contributed by atoms with Crippen molar-refractivity contribution in [1.82, 2.24) is 0 Å². The van der Waals surface area contributed by atoms with E-state index in [1.165, 1.54) is 38.0 Å². The van der Waals surface area contributed by atoms with Gasteiger partial charge in [0.15, 0.2) is 0 Å². The molecule has 1 fully saturated rings. The van der Waals surface area contributed by atoms with Gasteiger partial charge >= 0.3 is 0 Å². The summed E-state index contributed by atoms with van der Waals surface area (Å²) in [7, 11) is -3.81. The second-order valence-corrected chi connectivity index (χ2v) is 9.11. The Bertz CT molecular complexity index is 957. The van der Waals surface area contributed by atoms with E-state index in [9.17, 15) is 17.6 Å². The Labute approximate surface area is 170 Å². The number of nitrogens with zero attached hydrogens (tertiary/aromatic N) is 1. The minimum atomic E-state index is -3.81. The molecular formula is C21H25FN2O4S. The lowest BCUT2D eigenvalue weighted by atomic mass is 10.2. The van der Waals surface area contributed by atoms with Crippen molar-refractivity contribution in [2.24, 2.45) is 0 Å². The average Bonchev–Trinajstić information content (AvgIpc) is 3.15. The van der Waals surface area contributed by atoms with Gasteiger partial charge in [-0.2, -0.15) is 0 Å². The molecule has 1 aliphatic rings. The van der Waals surface area contributed by atoms with E-state index in [0.29, 0.717) is 5.69 Å². The van der Waals surface area contributed by atoms with Crippen molar-refractivity contribution in [2.75, 3.05) is 15.9 Å². The number of nitrogens with one attached hydrogen (secondary N) is 1. The van der Waals surface area contributed by atoms with Gasteiger partial charge in [-0.25, -0.2) is 12.8 Å².